The molecule has 0 nitrogen and oxygen atoms in total. The van der Waals surface area contributed by atoms with Gasteiger partial charge >= 0.3 is 0 Å². The van der Waals surface area contributed by atoms with Crippen molar-refractivity contribution in [1.82, 2.24) is 0 Å². The van der Waals surface area contributed by atoms with E-state index in [1.165, 1.54) is 77.5 Å². The Labute approximate surface area is 171 Å². The summed E-state index contributed by atoms with van der Waals surface area (Å²) >= 11 is 0. The Kier molecular flexibility index (Phi) is 4.10. The molecule has 0 N–H and O–H groups in total. The maximum atomic E-state index is 2.42. The van der Waals surface area contributed by atoms with Gasteiger partial charge in [0.25, 0.3) is 0 Å². The molecule has 3 aromatic carbocycles. The molecule has 0 heteroatoms. The summed E-state index contributed by atoms with van der Waals surface area (Å²) in [6.07, 6.45) is 0. The molecule has 3 aromatic rings. The second-order valence-corrected chi connectivity index (χ2v) is 9.30. The molecule has 28 heavy (non-hydrogen) atoms. The van der Waals surface area contributed by atoms with Crippen LogP contribution in [0.4, 0.5) is 0 Å². The van der Waals surface area contributed by atoms with E-state index >= 15 is 0 Å². The molecule has 146 valence electrons. The number of hydrogen-bond donors (Lipinski definition) is 0. The molecule has 0 aromatic heterocycles. The van der Waals surface area contributed by atoms with Gasteiger partial charge < -0.3 is 0 Å². The summed E-state index contributed by atoms with van der Waals surface area (Å²) in [5, 5.41) is 2.99. The fourth-order valence-corrected chi connectivity index (χ4v) is 6.11. The molecule has 0 heterocycles. The molecule has 1 unspecified atom stereocenters. The summed E-state index contributed by atoms with van der Waals surface area (Å²) in [4.78, 5) is 0. The molecule has 1 aliphatic carbocycles. The first-order valence-corrected chi connectivity index (χ1v) is 10.7. The van der Waals surface area contributed by atoms with Crippen molar-refractivity contribution in [2.45, 2.75) is 82.1 Å². The summed E-state index contributed by atoms with van der Waals surface area (Å²) in [6, 6.07) is 0. The molecule has 1 aliphatic rings. The van der Waals surface area contributed by atoms with Crippen LogP contribution < -0.4 is 0 Å². The molecule has 0 spiro atoms. The first kappa shape index (κ1) is 19.2. The molecule has 0 saturated carbocycles. The molecule has 0 amide bonds. The largest absolute Gasteiger partial charge is 0.0542 e. The van der Waals surface area contributed by atoms with Crippen LogP contribution in [-0.2, 0) is 0 Å². The average molecular weight is 371 g/mol. The fraction of sp³-hybridized carbons (Fsp3) is 0.429. The van der Waals surface area contributed by atoms with E-state index in [1.807, 2.05) is 0 Å². The van der Waals surface area contributed by atoms with Gasteiger partial charge in [0.05, 0.1) is 0 Å². The summed E-state index contributed by atoms with van der Waals surface area (Å²) < 4.78 is 0. The highest BCUT2D eigenvalue weighted by Crippen LogP contribution is 2.54. The molecule has 0 radical (unpaired) electrons. The smallest absolute Gasteiger partial charge is 0.00790 e. The predicted octanol–water partition coefficient (Wildman–Crippen LogP) is 8.06. The van der Waals surface area contributed by atoms with Crippen molar-refractivity contribution in [3.63, 3.8) is 0 Å². The van der Waals surface area contributed by atoms with E-state index in [0.717, 1.165) is 0 Å². The summed E-state index contributed by atoms with van der Waals surface area (Å²) in [5.74, 6) is 0.465. The number of aryl methyl sites for hydroxylation is 4. The van der Waals surface area contributed by atoms with E-state index in [2.05, 4.69) is 76.2 Å². The van der Waals surface area contributed by atoms with Crippen molar-refractivity contribution in [3.8, 4) is 11.1 Å². The molecule has 1 atom stereocenters. The van der Waals surface area contributed by atoms with Gasteiger partial charge in [-0.05, 0) is 158 Å². The lowest BCUT2D eigenvalue weighted by Gasteiger charge is -2.23. The summed E-state index contributed by atoms with van der Waals surface area (Å²) in [5.41, 5.74) is 20.9. The maximum Gasteiger partial charge on any atom is 0.00790 e. The number of hydrogen-bond acceptors (Lipinski definition) is 0. The lowest BCUT2D eigenvalue weighted by molar-refractivity contribution is 0.927. The van der Waals surface area contributed by atoms with Crippen LogP contribution >= 0.6 is 0 Å². The number of fused-ring (bicyclic) bond motifs is 4. The van der Waals surface area contributed by atoms with Crippen LogP contribution in [0, 0.1) is 69.2 Å². The molecule has 0 bridgehead atoms. The highest BCUT2D eigenvalue weighted by molar-refractivity contribution is 6.04. The van der Waals surface area contributed by atoms with E-state index in [0.29, 0.717) is 5.92 Å². The van der Waals surface area contributed by atoms with Gasteiger partial charge in [0.2, 0.25) is 0 Å². The number of rotatable bonds is 0. The number of benzene rings is 3. The Bertz CT molecular complexity index is 1200. The van der Waals surface area contributed by atoms with Gasteiger partial charge in [-0.3, -0.25) is 0 Å². The fourth-order valence-electron chi connectivity index (χ4n) is 6.11. The van der Waals surface area contributed by atoms with Crippen molar-refractivity contribution in [3.05, 3.63) is 66.8 Å². The van der Waals surface area contributed by atoms with Gasteiger partial charge in [-0.1, -0.05) is 6.92 Å². The highest BCUT2D eigenvalue weighted by atomic mass is 14.4. The monoisotopic (exact) mass is 370 g/mol. The zero-order valence-electron chi connectivity index (χ0n) is 19.6. The maximum absolute atomic E-state index is 2.42. The molecule has 4 rings (SSSR count). The Morgan fingerprint density at radius 1 is 0.357 bits per heavy atom. The van der Waals surface area contributed by atoms with Crippen molar-refractivity contribution >= 4 is 10.8 Å². The summed E-state index contributed by atoms with van der Waals surface area (Å²) in [7, 11) is 0. The van der Waals surface area contributed by atoms with Crippen LogP contribution in [-0.4, -0.2) is 0 Å². The zero-order valence-corrected chi connectivity index (χ0v) is 19.6. The van der Waals surface area contributed by atoms with Crippen molar-refractivity contribution < 1.29 is 0 Å². The van der Waals surface area contributed by atoms with Crippen LogP contribution in [0.5, 0.6) is 0 Å². The summed E-state index contributed by atoms with van der Waals surface area (Å²) in [6.45, 7) is 25.6. The van der Waals surface area contributed by atoms with Crippen LogP contribution in [0.25, 0.3) is 21.9 Å². The topological polar surface area (TPSA) is 0 Å². The van der Waals surface area contributed by atoms with Crippen LogP contribution in [0.3, 0.4) is 0 Å². The SMILES string of the molecule is Cc1c(C)c(C)c2c(c1C)-c1c(c(C)c3c(C)c(C)c(C)c(C)c3c1C)C2C. The van der Waals surface area contributed by atoms with Gasteiger partial charge in [0.15, 0.2) is 0 Å². The van der Waals surface area contributed by atoms with E-state index in [9.17, 15) is 0 Å². The van der Waals surface area contributed by atoms with Gasteiger partial charge in [-0.25, -0.2) is 0 Å². The second-order valence-electron chi connectivity index (χ2n) is 9.30. The van der Waals surface area contributed by atoms with Crippen molar-refractivity contribution in [1.29, 1.82) is 0 Å². The third-order valence-electron chi connectivity index (χ3n) is 8.34. The quantitative estimate of drug-likeness (QED) is 0.375. The minimum atomic E-state index is 0.465. The Morgan fingerprint density at radius 2 is 0.714 bits per heavy atom. The van der Waals surface area contributed by atoms with E-state index in [1.54, 1.807) is 11.1 Å². The van der Waals surface area contributed by atoms with Gasteiger partial charge in [0, 0.05) is 5.92 Å². The first-order valence-electron chi connectivity index (χ1n) is 10.7. The van der Waals surface area contributed by atoms with Crippen molar-refractivity contribution in [2.24, 2.45) is 0 Å². The van der Waals surface area contributed by atoms with Crippen LogP contribution in [0.15, 0.2) is 0 Å². The molecule has 0 saturated heterocycles. The average Bonchev–Trinajstić information content (AvgIpc) is 2.97. The Morgan fingerprint density at radius 3 is 1.25 bits per heavy atom. The molecule has 0 aliphatic heterocycles. The zero-order chi connectivity index (χ0) is 20.8. The predicted molar refractivity (Wildman–Crippen MR) is 124 cm³/mol. The van der Waals surface area contributed by atoms with Gasteiger partial charge in [-0.2, -0.15) is 0 Å². The van der Waals surface area contributed by atoms with E-state index < -0.39 is 0 Å². The Balaban J connectivity index is 2.31. The molecular weight excluding hydrogens is 336 g/mol. The second kappa shape index (κ2) is 5.96. The highest BCUT2D eigenvalue weighted by Gasteiger charge is 2.34. The van der Waals surface area contributed by atoms with E-state index in [4.69, 9.17) is 0 Å². The molecular formula is C28H34. The Hall–Kier alpha value is -2.08. The third kappa shape index (κ3) is 2.07. The van der Waals surface area contributed by atoms with E-state index in [-0.39, 0.29) is 0 Å². The lowest BCUT2D eigenvalue weighted by Crippen LogP contribution is -2.03. The minimum absolute atomic E-state index is 0.465. The van der Waals surface area contributed by atoms with Crippen LogP contribution in [0.1, 0.15) is 79.6 Å². The van der Waals surface area contributed by atoms with Crippen molar-refractivity contribution in [2.75, 3.05) is 0 Å². The molecule has 0 fully saturated rings. The van der Waals surface area contributed by atoms with Gasteiger partial charge in [-0.15, -0.1) is 0 Å². The minimum Gasteiger partial charge on any atom is -0.0542 e. The lowest BCUT2D eigenvalue weighted by atomic mass is 9.81. The van der Waals surface area contributed by atoms with Gasteiger partial charge in [0.1, 0.15) is 0 Å². The first-order chi connectivity index (χ1) is 13.0. The van der Waals surface area contributed by atoms with Crippen LogP contribution in [0.2, 0.25) is 0 Å². The third-order valence-corrected chi connectivity index (χ3v) is 8.34. The normalized spacial score (nSPS) is 15.3. The standard InChI is InChI=1S/C28H34/c1-12-13(2)17(6)24-22(11)28-26(20(9)23(24)16(12)5)21(10)25-18(7)14(3)15(4)19(8)27(25)28/h21H,1-11H3.